The lowest BCUT2D eigenvalue weighted by molar-refractivity contribution is -0.163. The number of hydrogen-bond donors (Lipinski definition) is 3. The number of nitrogens with one attached hydrogen (secondary N) is 2. The minimum Gasteiger partial charge on any atom is -0.478 e. The molecule has 3 rings (SSSR count). The first-order chi connectivity index (χ1) is 16.0. The SMILES string of the molecule is CC(C)(C)OC(=O)[C@@H]1C[C@H](c2ccccc2)CN1C(=O)CNC(=O)Nc1cccc(C(=O)O)c1. The number of anilines is 1. The molecule has 34 heavy (non-hydrogen) atoms. The lowest BCUT2D eigenvalue weighted by Gasteiger charge is -2.27. The number of rotatable bonds is 6. The lowest BCUT2D eigenvalue weighted by Crippen LogP contribution is -2.47. The number of ether oxygens (including phenoxy) is 1. The average Bonchev–Trinajstić information content (AvgIpc) is 3.23. The molecule has 1 fully saturated rings. The number of carboxylic acids is 1. The number of amides is 3. The van der Waals surface area contributed by atoms with Gasteiger partial charge in [0.1, 0.15) is 11.6 Å². The Labute approximate surface area is 198 Å². The van der Waals surface area contributed by atoms with Gasteiger partial charge in [0.05, 0.1) is 12.1 Å². The second kappa shape index (κ2) is 10.4. The van der Waals surface area contributed by atoms with Gasteiger partial charge in [0, 0.05) is 18.2 Å². The van der Waals surface area contributed by atoms with E-state index < -0.39 is 35.5 Å². The molecular weight excluding hydrogens is 438 g/mol. The Morgan fingerprint density at radius 1 is 1.06 bits per heavy atom. The minimum atomic E-state index is -1.12. The molecule has 2 atom stereocenters. The van der Waals surface area contributed by atoms with Gasteiger partial charge in [-0.3, -0.25) is 4.79 Å². The molecular formula is C25H29N3O6. The number of carbonyl (C=O) groups is 4. The van der Waals surface area contributed by atoms with E-state index in [1.54, 1.807) is 20.8 Å². The highest BCUT2D eigenvalue weighted by molar-refractivity contribution is 5.95. The first-order valence-electron chi connectivity index (χ1n) is 11.0. The summed E-state index contributed by atoms with van der Waals surface area (Å²) in [4.78, 5) is 50.7. The molecule has 9 nitrogen and oxygen atoms in total. The van der Waals surface area contributed by atoms with Gasteiger partial charge in [-0.1, -0.05) is 36.4 Å². The Hall–Kier alpha value is -3.88. The van der Waals surface area contributed by atoms with Gasteiger partial charge in [-0.25, -0.2) is 14.4 Å². The summed E-state index contributed by atoms with van der Waals surface area (Å²) in [6, 6.07) is 14.0. The summed E-state index contributed by atoms with van der Waals surface area (Å²) < 4.78 is 5.54. The highest BCUT2D eigenvalue weighted by Crippen LogP contribution is 2.33. The predicted octanol–water partition coefficient (Wildman–Crippen LogP) is 3.23. The first kappa shape index (κ1) is 24.8. The van der Waals surface area contributed by atoms with Crippen LogP contribution in [0.2, 0.25) is 0 Å². The first-order valence-corrected chi connectivity index (χ1v) is 11.0. The standard InChI is InChI=1S/C25H29N3O6/c1-25(2,3)34-23(32)20-13-18(16-8-5-4-6-9-16)15-28(20)21(29)14-26-24(33)27-19-11-7-10-17(12-19)22(30)31/h4-12,18,20H,13-15H2,1-3H3,(H,30,31)(H2,26,27,33)/t18-,20-/m0/s1. The second-order valence-electron chi connectivity index (χ2n) is 9.13. The van der Waals surface area contributed by atoms with Crippen molar-refractivity contribution in [3.63, 3.8) is 0 Å². The fourth-order valence-electron chi connectivity index (χ4n) is 3.83. The van der Waals surface area contributed by atoms with Crippen molar-refractivity contribution < 1.29 is 29.0 Å². The molecule has 3 amide bonds. The zero-order valence-electron chi connectivity index (χ0n) is 19.4. The number of carbonyl (C=O) groups excluding carboxylic acids is 3. The molecule has 1 aliphatic rings. The van der Waals surface area contributed by atoms with E-state index in [2.05, 4.69) is 10.6 Å². The maximum atomic E-state index is 13.0. The zero-order valence-corrected chi connectivity index (χ0v) is 19.4. The predicted molar refractivity (Wildman–Crippen MR) is 126 cm³/mol. The Balaban J connectivity index is 1.66. The van der Waals surface area contributed by atoms with Crippen molar-refractivity contribution in [1.82, 2.24) is 10.2 Å². The monoisotopic (exact) mass is 467 g/mol. The molecule has 9 heteroatoms. The Bertz CT molecular complexity index is 1060. The van der Waals surface area contributed by atoms with Crippen LogP contribution in [0.25, 0.3) is 0 Å². The molecule has 0 radical (unpaired) electrons. The summed E-state index contributed by atoms with van der Waals surface area (Å²) in [6.07, 6.45) is 0.429. The minimum absolute atomic E-state index is 0.0260. The van der Waals surface area contributed by atoms with Crippen molar-refractivity contribution in [3.05, 3.63) is 65.7 Å². The summed E-state index contributed by atoms with van der Waals surface area (Å²) in [6.45, 7) is 5.31. The number of carboxylic acid groups (broad SMARTS) is 1. The van der Waals surface area contributed by atoms with Crippen molar-refractivity contribution in [1.29, 1.82) is 0 Å². The summed E-state index contributed by atoms with van der Waals surface area (Å²) >= 11 is 0. The van der Waals surface area contributed by atoms with Crippen LogP contribution in [0.3, 0.4) is 0 Å². The van der Waals surface area contributed by atoms with Crippen LogP contribution < -0.4 is 10.6 Å². The fourth-order valence-corrected chi connectivity index (χ4v) is 3.83. The summed E-state index contributed by atoms with van der Waals surface area (Å²) in [5, 5.41) is 14.1. The molecule has 1 saturated heterocycles. The van der Waals surface area contributed by atoms with Gasteiger partial charge in [0.2, 0.25) is 5.91 Å². The molecule has 0 aromatic heterocycles. The van der Waals surface area contributed by atoms with E-state index in [0.29, 0.717) is 13.0 Å². The Morgan fingerprint density at radius 2 is 1.76 bits per heavy atom. The highest BCUT2D eigenvalue weighted by Gasteiger charge is 2.42. The van der Waals surface area contributed by atoms with Crippen LogP contribution in [0.1, 0.15) is 49.0 Å². The summed E-state index contributed by atoms with van der Waals surface area (Å²) in [5.74, 6) is -2.04. The third kappa shape index (κ3) is 6.57. The van der Waals surface area contributed by atoms with E-state index in [0.717, 1.165) is 5.56 Å². The Morgan fingerprint density at radius 3 is 2.41 bits per heavy atom. The number of esters is 1. The van der Waals surface area contributed by atoms with Gasteiger partial charge in [0.15, 0.2) is 0 Å². The van der Waals surface area contributed by atoms with Crippen LogP contribution in [0.15, 0.2) is 54.6 Å². The summed E-state index contributed by atoms with van der Waals surface area (Å²) in [5.41, 5.74) is 0.634. The number of benzene rings is 2. The molecule has 0 bridgehead atoms. The normalized spacial score (nSPS) is 17.7. The number of likely N-dealkylation sites (tertiary alicyclic amines) is 1. The van der Waals surface area contributed by atoms with E-state index in [-0.39, 0.29) is 23.7 Å². The van der Waals surface area contributed by atoms with Gasteiger partial charge in [-0.2, -0.15) is 0 Å². The van der Waals surface area contributed by atoms with Crippen LogP contribution >= 0.6 is 0 Å². The molecule has 0 unspecified atom stereocenters. The molecule has 2 aromatic rings. The molecule has 2 aromatic carbocycles. The van der Waals surface area contributed by atoms with E-state index in [1.807, 2.05) is 30.3 Å². The van der Waals surface area contributed by atoms with Crippen molar-refractivity contribution in [2.45, 2.75) is 44.8 Å². The van der Waals surface area contributed by atoms with Gasteiger partial charge in [-0.05, 0) is 51.0 Å². The molecule has 0 spiro atoms. The number of nitrogens with zero attached hydrogens (tertiary/aromatic N) is 1. The highest BCUT2D eigenvalue weighted by atomic mass is 16.6. The molecule has 1 aliphatic heterocycles. The third-order valence-corrected chi connectivity index (χ3v) is 5.34. The fraction of sp³-hybridized carbons (Fsp3) is 0.360. The number of aromatic carboxylic acids is 1. The van der Waals surface area contributed by atoms with Crippen LogP contribution in [-0.2, 0) is 14.3 Å². The van der Waals surface area contributed by atoms with Gasteiger partial charge in [0.25, 0.3) is 0 Å². The van der Waals surface area contributed by atoms with Crippen LogP contribution in [-0.4, -0.2) is 58.6 Å². The summed E-state index contributed by atoms with van der Waals surface area (Å²) in [7, 11) is 0. The maximum absolute atomic E-state index is 13.0. The smallest absolute Gasteiger partial charge is 0.335 e. The van der Waals surface area contributed by atoms with E-state index in [1.165, 1.54) is 29.2 Å². The lowest BCUT2D eigenvalue weighted by atomic mass is 9.96. The number of hydrogen-bond acceptors (Lipinski definition) is 5. The zero-order chi connectivity index (χ0) is 24.9. The quantitative estimate of drug-likeness (QED) is 0.560. The molecule has 0 saturated carbocycles. The van der Waals surface area contributed by atoms with Crippen molar-refractivity contribution in [3.8, 4) is 0 Å². The van der Waals surface area contributed by atoms with Crippen molar-refractivity contribution in [2.75, 3.05) is 18.4 Å². The van der Waals surface area contributed by atoms with Crippen molar-refractivity contribution in [2.24, 2.45) is 0 Å². The average molecular weight is 468 g/mol. The van der Waals surface area contributed by atoms with Gasteiger partial charge >= 0.3 is 18.0 Å². The van der Waals surface area contributed by atoms with Crippen LogP contribution in [0, 0.1) is 0 Å². The van der Waals surface area contributed by atoms with E-state index in [9.17, 15) is 19.2 Å². The van der Waals surface area contributed by atoms with Crippen LogP contribution in [0.5, 0.6) is 0 Å². The number of urea groups is 1. The van der Waals surface area contributed by atoms with E-state index >= 15 is 0 Å². The van der Waals surface area contributed by atoms with Gasteiger partial charge < -0.3 is 25.4 Å². The second-order valence-corrected chi connectivity index (χ2v) is 9.13. The van der Waals surface area contributed by atoms with Crippen LogP contribution in [0.4, 0.5) is 10.5 Å². The van der Waals surface area contributed by atoms with Crippen molar-refractivity contribution >= 4 is 29.6 Å². The third-order valence-electron chi connectivity index (χ3n) is 5.34. The largest absolute Gasteiger partial charge is 0.478 e. The molecule has 0 aliphatic carbocycles. The van der Waals surface area contributed by atoms with E-state index in [4.69, 9.17) is 9.84 Å². The molecule has 1 heterocycles. The molecule has 180 valence electrons. The molecule has 3 N–H and O–H groups in total. The Kier molecular flexibility index (Phi) is 7.55. The van der Waals surface area contributed by atoms with Gasteiger partial charge in [-0.15, -0.1) is 0 Å². The topological polar surface area (TPSA) is 125 Å². The maximum Gasteiger partial charge on any atom is 0.335 e.